The third-order valence-electron chi connectivity index (χ3n) is 3.58. The Hall–Kier alpha value is -1.79. The average Bonchev–Trinajstić information content (AvgIpc) is 2.43. The molecule has 1 saturated heterocycles. The fraction of sp³-hybridized carbons (Fsp3) is 0.533. The lowest BCUT2D eigenvalue weighted by Crippen LogP contribution is -2.50. The Labute approximate surface area is 125 Å². The van der Waals surface area contributed by atoms with Crippen molar-refractivity contribution in [1.29, 1.82) is 0 Å². The number of rotatable bonds is 4. The van der Waals surface area contributed by atoms with Gasteiger partial charge >= 0.3 is 0 Å². The minimum absolute atomic E-state index is 0.0835. The van der Waals surface area contributed by atoms with Crippen molar-refractivity contribution in [1.82, 2.24) is 4.90 Å². The fourth-order valence-electron chi connectivity index (χ4n) is 2.39. The summed E-state index contributed by atoms with van der Waals surface area (Å²) in [6.45, 7) is 5.80. The summed E-state index contributed by atoms with van der Waals surface area (Å²) >= 11 is 0. The Kier molecular flexibility index (Phi) is 5.03. The molecule has 6 nitrogen and oxygen atoms in total. The molecule has 116 valence electrons. The maximum atomic E-state index is 12.2. The third-order valence-corrected chi connectivity index (χ3v) is 3.58. The van der Waals surface area contributed by atoms with Crippen LogP contribution >= 0.6 is 0 Å². The third kappa shape index (κ3) is 4.09. The van der Waals surface area contributed by atoms with Crippen LogP contribution in [0, 0.1) is 0 Å². The molecule has 2 atom stereocenters. The number of amides is 1. The van der Waals surface area contributed by atoms with Crippen LogP contribution in [0.5, 0.6) is 5.75 Å². The molecule has 0 saturated carbocycles. The van der Waals surface area contributed by atoms with Crippen LogP contribution in [0.4, 0.5) is 11.4 Å². The number of nitrogen functional groups attached to an aromatic ring is 1. The second-order valence-electron chi connectivity index (χ2n) is 5.43. The Bertz CT molecular complexity index is 507. The molecule has 1 heterocycles. The highest BCUT2D eigenvalue weighted by atomic mass is 16.5. The lowest BCUT2D eigenvalue weighted by atomic mass is 10.2. The molecule has 1 aliphatic heterocycles. The maximum absolute atomic E-state index is 12.2. The highest BCUT2D eigenvalue weighted by Crippen LogP contribution is 2.26. The van der Waals surface area contributed by atoms with Gasteiger partial charge in [-0.05, 0) is 32.0 Å². The zero-order valence-corrected chi connectivity index (χ0v) is 12.8. The molecular weight excluding hydrogens is 270 g/mol. The van der Waals surface area contributed by atoms with Crippen LogP contribution in [0.1, 0.15) is 13.8 Å². The molecule has 6 heteroatoms. The van der Waals surface area contributed by atoms with E-state index in [0.717, 1.165) is 6.54 Å². The molecule has 2 unspecified atom stereocenters. The summed E-state index contributed by atoms with van der Waals surface area (Å²) in [6, 6.07) is 5.40. The Balaban J connectivity index is 2.00. The van der Waals surface area contributed by atoms with Gasteiger partial charge in [-0.2, -0.15) is 0 Å². The van der Waals surface area contributed by atoms with E-state index in [9.17, 15) is 4.79 Å². The van der Waals surface area contributed by atoms with Crippen molar-refractivity contribution in [3.63, 3.8) is 0 Å². The van der Waals surface area contributed by atoms with Crippen molar-refractivity contribution in [2.45, 2.75) is 26.0 Å². The highest BCUT2D eigenvalue weighted by molar-refractivity contribution is 5.94. The van der Waals surface area contributed by atoms with E-state index in [-0.39, 0.29) is 18.1 Å². The molecule has 1 aromatic rings. The minimum atomic E-state index is -0.0835. The number of benzene rings is 1. The minimum Gasteiger partial charge on any atom is -0.495 e. The highest BCUT2D eigenvalue weighted by Gasteiger charge is 2.25. The van der Waals surface area contributed by atoms with Crippen LogP contribution in [0.25, 0.3) is 0 Å². The van der Waals surface area contributed by atoms with Crippen molar-refractivity contribution in [3.05, 3.63) is 18.2 Å². The van der Waals surface area contributed by atoms with Crippen molar-refractivity contribution in [2.24, 2.45) is 0 Å². The summed E-state index contributed by atoms with van der Waals surface area (Å²) in [6.07, 6.45) is 0.149. The zero-order chi connectivity index (χ0) is 15.4. The van der Waals surface area contributed by atoms with Crippen LogP contribution < -0.4 is 15.8 Å². The molecule has 0 radical (unpaired) electrons. The number of hydrogen-bond acceptors (Lipinski definition) is 5. The summed E-state index contributed by atoms with van der Waals surface area (Å²) in [5, 5.41) is 2.86. The van der Waals surface area contributed by atoms with Crippen molar-refractivity contribution in [2.75, 3.05) is 37.9 Å². The number of nitrogens with one attached hydrogen (secondary N) is 1. The summed E-state index contributed by atoms with van der Waals surface area (Å²) in [7, 11) is 1.56. The van der Waals surface area contributed by atoms with Gasteiger partial charge in [0.1, 0.15) is 5.75 Å². The topological polar surface area (TPSA) is 76.8 Å². The number of methoxy groups -OCH3 is 1. The van der Waals surface area contributed by atoms with E-state index in [0.29, 0.717) is 30.3 Å². The van der Waals surface area contributed by atoms with Crippen LogP contribution in [0.3, 0.4) is 0 Å². The number of nitrogens with zero attached hydrogens (tertiary/aromatic N) is 1. The molecule has 21 heavy (non-hydrogen) atoms. The second kappa shape index (κ2) is 6.78. The standard InChI is InChI=1S/C15H23N3O3/c1-10-9-21-11(2)7-18(10)8-15(19)17-13-6-12(16)4-5-14(13)20-3/h4-6,10-11H,7-9,16H2,1-3H3,(H,17,19). The van der Waals surface area contributed by atoms with E-state index in [2.05, 4.69) is 17.1 Å². The predicted molar refractivity (Wildman–Crippen MR) is 82.5 cm³/mol. The van der Waals surface area contributed by atoms with Crippen LogP contribution in [-0.4, -0.2) is 49.8 Å². The van der Waals surface area contributed by atoms with Gasteiger partial charge in [0.25, 0.3) is 0 Å². The van der Waals surface area contributed by atoms with Gasteiger partial charge in [-0.1, -0.05) is 0 Å². The Morgan fingerprint density at radius 2 is 2.29 bits per heavy atom. The van der Waals surface area contributed by atoms with Gasteiger partial charge in [0.2, 0.25) is 5.91 Å². The van der Waals surface area contributed by atoms with E-state index in [4.69, 9.17) is 15.2 Å². The first-order chi connectivity index (χ1) is 9.99. The largest absolute Gasteiger partial charge is 0.495 e. The van der Waals surface area contributed by atoms with Gasteiger partial charge < -0.3 is 20.5 Å². The number of hydrogen-bond donors (Lipinski definition) is 2. The molecule has 0 aliphatic carbocycles. The van der Waals surface area contributed by atoms with Crippen LogP contribution in [0.2, 0.25) is 0 Å². The van der Waals surface area contributed by atoms with E-state index >= 15 is 0 Å². The second-order valence-corrected chi connectivity index (χ2v) is 5.43. The van der Waals surface area contributed by atoms with Gasteiger partial charge in [-0.15, -0.1) is 0 Å². The Morgan fingerprint density at radius 1 is 1.52 bits per heavy atom. The quantitative estimate of drug-likeness (QED) is 0.819. The molecule has 1 fully saturated rings. The number of ether oxygens (including phenoxy) is 2. The number of morpholine rings is 1. The van der Waals surface area contributed by atoms with Crippen LogP contribution in [0.15, 0.2) is 18.2 Å². The van der Waals surface area contributed by atoms with E-state index in [1.165, 1.54) is 0 Å². The smallest absolute Gasteiger partial charge is 0.238 e. The maximum Gasteiger partial charge on any atom is 0.238 e. The summed E-state index contributed by atoms with van der Waals surface area (Å²) in [5.74, 6) is 0.515. The SMILES string of the molecule is COc1ccc(N)cc1NC(=O)CN1CC(C)OCC1C. The van der Waals surface area contributed by atoms with Crippen molar-refractivity contribution in [3.8, 4) is 5.75 Å². The lowest BCUT2D eigenvalue weighted by Gasteiger charge is -2.36. The molecule has 1 aromatic carbocycles. The molecule has 1 aliphatic rings. The van der Waals surface area contributed by atoms with Gasteiger partial charge in [0.15, 0.2) is 0 Å². The van der Waals surface area contributed by atoms with Gasteiger partial charge in [-0.25, -0.2) is 0 Å². The molecule has 0 spiro atoms. The first kappa shape index (κ1) is 15.6. The molecule has 3 N–H and O–H groups in total. The van der Waals surface area contributed by atoms with E-state index in [1.54, 1.807) is 25.3 Å². The summed E-state index contributed by atoms with van der Waals surface area (Å²) in [5.41, 5.74) is 6.93. The number of nitrogens with two attached hydrogens (primary N) is 1. The lowest BCUT2D eigenvalue weighted by molar-refractivity contribution is -0.121. The van der Waals surface area contributed by atoms with E-state index in [1.807, 2.05) is 6.92 Å². The van der Waals surface area contributed by atoms with Crippen molar-refractivity contribution < 1.29 is 14.3 Å². The number of carbonyl (C=O) groups is 1. The summed E-state index contributed by atoms with van der Waals surface area (Å²) in [4.78, 5) is 14.3. The normalized spacial score (nSPS) is 22.8. The fourth-order valence-corrected chi connectivity index (χ4v) is 2.39. The number of anilines is 2. The predicted octanol–water partition coefficient (Wildman–Crippen LogP) is 1.33. The van der Waals surface area contributed by atoms with E-state index < -0.39 is 0 Å². The van der Waals surface area contributed by atoms with Gasteiger partial charge in [-0.3, -0.25) is 9.69 Å². The van der Waals surface area contributed by atoms with Crippen molar-refractivity contribution >= 4 is 17.3 Å². The summed E-state index contributed by atoms with van der Waals surface area (Å²) < 4.78 is 10.8. The molecular formula is C15H23N3O3. The van der Waals surface area contributed by atoms with Gasteiger partial charge in [0, 0.05) is 18.3 Å². The average molecular weight is 293 g/mol. The monoisotopic (exact) mass is 293 g/mol. The first-order valence-electron chi connectivity index (χ1n) is 7.08. The molecule has 0 aromatic heterocycles. The first-order valence-corrected chi connectivity index (χ1v) is 7.08. The number of carbonyl (C=O) groups excluding carboxylic acids is 1. The Morgan fingerprint density at radius 3 is 3.00 bits per heavy atom. The molecule has 0 bridgehead atoms. The molecule has 1 amide bonds. The molecule has 2 rings (SSSR count). The van der Waals surface area contributed by atoms with Gasteiger partial charge in [0.05, 0.1) is 32.1 Å². The zero-order valence-electron chi connectivity index (χ0n) is 12.8. The van der Waals surface area contributed by atoms with Crippen LogP contribution in [-0.2, 0) is 9.53 Å².